The zero-order valence-electron chi connectivity index (χ0n) is 10.7. The van der Waals surface area contributed by atoms with Crippen LogP contribution in [0.4, 0.5) is 0 Å². The van der Waals surface area contributed by atoms with Gasteiger partial charge in [-0.1, -0.05) is 24.3 Å². The van der Waals surface area contributed by atoms with Crippen LogP contribution in [0.15, 0.2) is 43.0 Å². The van der Waals surface area contributed by atoms with Crippen molar-refractivity contribution in [2.45, 2.75) is 13.0 Å². The molecular weight excluding hydrogens is 262 g/mol. The maximum Gasteiger partial charge on any atom is 0.209 e. The van der Waals surface area contributed by atoms with Crippen molar-refractivity contribution >= 4 is 10.0 Å². The zero-order chi connectivity index (χ0) is 13.9. The van der Waals surface area contributed by atoms with Crippen molar-refractivity contribution in [1.29, 1.82) is 0 Å². The van der Waals surface area contributed by atoms with Gasteiger partial charge < -0.3 is 0 Å². The summed E-state index contributed by atoms with van der Waals surface area (Å²) in [5.41, 5.74) is 2.83. The van der Waals surface area contributed by atoms with E-state index in [9.17, 15) is 8.42 Å². The van der Waals surface area contributed by atoms with Crippen molar-refractivity contribution in [3.05, 3.63) is 48.5 Å². The molecule has 2 aromatic rings. The SMILES string of the molecule is C[C@@H](NS(C)(=O)=O)c1ccc(-c2cncnc2)cc1. The summed E-state index contributed by atoms with van der Waals surface area (Å²) >= 11 is 0. The Morgan fingerprint density at radius 3 is 2.16 bits per heavy atom. The fourth-order valence-electron chi connectivity index (χ4n) is 1.80. The molecule has 19 heavy (non-hydrogen) atoms. The molecular formula is C13H15N3O2S. The summed E-state index contributed by atoms with van der Waals surface area (Å²) < 4.78 is 24.9. The van der Waals surface area contributed by atoms with Gasteiger partial charge in [0.15, 0.2) is 0 Å². The van der Waals surface area contributed by atoms with Gasteiger partial charge in [0.05, 0.1) is 6.26 Å². The van der Waals surface area contributed by atoms with Gasteiger partial charge in [0, 0.05) is 24.0 Å². The Morgan fingerprint density at radius 1 is 1.05 bits per heavy atom. The predicted octanol–water partition coefficient (Wildman–Crippen LogP) is 1.75. The van der Waals surface area contributed by atoms with Crippen LogP contribution < -0.4 is 4.72 Å². The first-order valence-electron chi connectivity index (χ1n) is 5.78. The number of aromatic nitrogens is 2. The number of hydrogen-bond acceptors (Lipinski definition) is 4. The van der Waals surface area contributed by atoms with Gasteiger partial charge in [0.25, 0.3) is 0 Å². The van der Waals surface area contributed by atoms with Crippen LogP contribution in [0, 0.1) is 0 Å². The van der Waals surface area contributed by atoms with Gasteiger partial charge in [-0.25, -0.2) is 23.1 Å². The van der Waals surface area contributed by atoms with Gasteiger partial charge >= 0.3 is 0 Å². The van der Waals surface area contributed by atoms with Crippen molar-refractivity contribution in [3.63, 3.8) is 0 Å². The van der Waals surface area contributed by atoms with Crippen LogP contribution in [0.5, 0.6) is 0 Å². The summed E-state index contributed by atoms with van der Waals surface area (Å²) in [5, 5.41) is 0. The molecule has 0 fully saturated rings. The minimum absolute atomic E-state index is 0.254. The number of hydrogen-bond donors (Lipinski definition) is 1. The van der Waals surface area contributed by atoms with E-state index in [1.54, 1.807) is 12.4 Å². The molecule has 1 atom stereocenters. The van der Waals surface area contributed by atoms with Crippen molar-refractivity contribution < 1.29 is 8.42 Å². The second kappa shape index (κ2) is 5.46. The molecule has 0 unspecified atom stereocenters. The molecule has 1 aromatic carbocycles. The minimum atomic E-state index is -3.20. The van der Waals surface area contributed by atoms with E-state index in [-0.39, 0.29) is 6.04 Å². The Morgan fingerprint density at radius 2 is 1.63 bits per heavy atom. The lowest BCUT2D eigenvalue weighted by molar-refractivity contribution is 0.573. The Kier molecular flexibility index (Phi) is 3.92. The van der Waals surface area contributed by atoms with Gasteiger partial charge in [-0.15, -0.1) is 0 Å². The van der Waals surface area contributed by atoms with Crippen molar-refractivity contribution in [3.8, 4) is 11.1 Å². The summed E-state index contributed by atoms with van der Waals surface area (Å²) in [6, 6.07) is 7.38. The molecule has 0 saturated carbocycles. The molecule has 5 nitrogen and oxygen atoms in total. The fourth-order valence-corrected chi connectivity index (χ4v) is 2.58. The Labute approximate surface area is 112 Å². The fraction of sp³-hybridized carbons (Fsp3) is 0.231. The van der Waals surface area contributed by atoms with Crippen LogP contribution in [-0.2, 0) is 10.0 Å². The highest BCUT2D eigenvalue weighted by atomic mass is 32.2. The van der Waals surface area contributed by atoms with Crippen molar-refractivity contribution in [2.75, 3.05) is 6.26 Å². The molecule has 0 bridgehead atoms. The maximum absolute atomic E-state index is 11.2. The lowest BCUT2D eigenvalue weighted by atomic mass is 10.0. The van der Waals surface area contributed by atoms with Gasteiger partial charge in [0.1, 0.15) is 6.33 Å². The van der Waals surface area contributed by atoms with E-state index in [4.69, 9.17) is 0 Å². The van der Waals surface area contributed by atoms with E-state index >= 15 is 0 Å². The first-order chi connectivity index (χ1) is 8.96. The number of nitrogens with zero attached hydrogens (tertiary/aromatic N) is 2. The highest BCUT2D eigenvalue weighted by molar-refractivity contribution is 7.88. The maximum atomic E-state index is 11.2. The van der Waals surface area contributed by atoms with Crippen molar-refractivity contribution in [2.24, 2.45) is 0 Å². The summed E-state index contributed by atoms with van der Waals surface area (Å²) in [7, 11) is -3.20. The monoisotopic (exact) mass is 277 g/mol. The molecule has 0 radical (unpaired) electrons. The molecule has 100 valence electrons. The van der Waals surface area contributed by atoms with E-state index in [1.165, 1.54) is 6.33 Å². The standard InChI is InChI=1S/C13H15N3O2S/c1-10(16-19(2,17)18)11-3-5-12(6-4-11)13-7-14-9-15-8-13/h3-10,16H,1-2H3/t10-/m1/s1. The first-order valence-corrected chi connectivity index (χ1v) is 7.67. The van der Waals surface area contributed by atoms with Crippen LogP contribution in [0.1, 0.15) is 18.5 Å². The second-order valence-corrected chi connectivity index (χ2v) is 6.14. The molecule has 0 saturated heterocycles. The average molecular weight is 277 g/mol. The number of benzene rings is 1. The van der Waals surface area contributed by atoms with Gasteiger partial charge in [-0.3, -0.25) is 0 Å². The lowest BCUT2D eigenvalue weighted by Crippen LogP contribution is -2.25. The van der Waals surface area contributed by atoms with E-state index in [0.29, 0.717) is 0 Å². The summed E-state index contributed by atoms with van der Waals surface area (Å²) in [4.78, 5) is 7.93. The molecule has 0 aliphatic carbocycles. The first kappa shape index (κ1) is 13.6. The topological polar surface area (TPSA) is 72.0 Å². The second-order valence-electron chi connectivity index (χ2n) is 4.36. The molecule has 2 rings (SSSR count). The zero-order valence-corrected chi connectivity index (χ0v) is 11.6. The summed E-state index contributed by atoms with van der Waals surface area (Å²) in [6.45, 7) is 1.81. The quantitative estimate of drug-likeness (QED) is 0.924. The van der Waals surface area contributed by atoms with E-state index < -0.39 is 10.0 Å². The van der Waals surface area contributed by atoms with E-state index in [0.717, 1.165) is 22.9 Å². The van der Waals surface area contributed by atoms with Gasteiger partial charge in [-0.05, 0) is 18.1 Å². The minimum Gasteiger partial charge on any atom is -0.244 e. The molecule has 1 aromatic heterocycles. The normalized spacial score (nSPS) is 13.2. The molecule has 1 heterocycles. The molecule has 1 N–H and O–H groups in total. The third-order valence-corrected chi connectivity index (χ3v) is 3.48. The highest BCUT2D eigenvalue weighted by Crippen LogP contribution is 2.20. The Bertz CT molecular complexity index is 639. The van der Waals surface area contributed by atoms with Crippen molar-refractivity contribution in [1.82, 2.24) is 14.7 Å². The number of nitrogens with one attached hydrogen (secondary N) is 1. The van der Waals surface area contributed by atoms with Crippen LogP contribution in [0.25, 0.3) is 11.1 Å². The Balaban J connectivity index is 2.19. The van der Waals surface area contributed by atoms with Crippen LogP contribution in [0.3, 0.4) is 0 Å². The smallest absolute Gasteiger partial charge is 0.209 e. The third-order valence-electron chi connectivity index (χ3n) is 2.70. The number of sulfonamides is 1. The molecule has 0 spiro atoms. The van der Waals surface area contributed by atoms with Crippen LogP contribution >= 0.6 is 0 Å². The molecule has 0 amide bonds. The predicted molar refractivity (Wildman–Crippen MR) is 73.9 cm³/mol. The molecule has 0 aliphatic heterocycles. The van der Waals surface area contributed by atoms with Gasteiger partial charge in [-0.2, -0.15) is 0 Å². The largest absolute Gasteiger partial charge is 0.244 e. The average Bonchev–Trinajstić information content (AvgIpc) is 2.38. The summed E-state index contributed by atoms with van der Waals surface area (Å²) in [5.74, 6) is 0. The molecule has 6 heteroatoms. The highest BCUT2D eigenvalue weighted by Gasteiger charge is 2.10. The number of rotatable bonds is 4. The van der Waals surface area contributed by atoms with Gasteiger partial charge in [0.2, 0.25) is 10.0 Å². The lowest BCUT2D eigenvalue weighted by Gasteiger charge is -2.13. The third kappa shape index (κ3) is 3.84. The van der Waals surface area contributed by atoms with Crippen LogP contribution in [-0.4, -0.2) is 24.6 Å². The van der Waals surface area contributed by atoms with E-state index in [2.05, 4.69) is 14.7 Å². The Hall–Kier alpha value is -1.79. The van der Waals surface area contributed by atoms with E-state index in [1.807, 2.05) is 31.2 Å². The summed E-state index contributed by atoms with van der Waals surface area (Å²) in [6.07, 6.45) is 6.11. The molecule has 0 aliphatic rings. The van der Waals surface area contributed by atoms with Crippen LogP contribution in [0.2, 0.25) is 0 Å².